The summed E-state index contributed by atoms with van der Waals surface area (Å²) in [5.41, 5.74) is 6.89. The molecule has 1 aromatic heterocycles. The van der Waals surface area contributed by atoms with Crippen molar-refractivity contribution in [3.63, 3.8) is 0 Å². The Morgan fingerprint density at radius 2 is 2.42 bits per heavy atom. The maximum Gasteiger partial charge on any atom is 0.223 e. The third-order valence-electron chi connectivity index (χ3n) is 3.56. The fourth-order valence-electron chi connectivity index (χ4n) is 2.47. The molecule has 1 saturated carbocycles. The third-order valence-corrected chi connectivity index (χ3v) is 3.56. The molecule has 1 heterocycles. The number of nitrogens with one attached hydrogen (secondary N) is 1. The van der Waals surface area contributed by atoms with E-state index in [0.29, 0.717) is 12.4 Å². The van der Waals surface area contributed by atoms with Crippen LogP contribution in [0.5, 0.6) is 5.88 Å². The zero-order chi connectivity index (χ0) is 13.7. The van der Waals surface area contributed by atoms with Gasteiger partial charge in [0.1, 0.15) is 0 Å². The van der Waals surface area contributed by atoms with Crippen molar-refractivity contribution in [3.8, 4) is 5.88 Å². The molecule has 1 aliphatic carbocycles. The zero-order valence-corrected chi connectivity index (χ0v) is 11.3. The van der Waals surface area contributed by atoms with E-state index >= 15 is 0 Å². The maximum atomic E-state index is 12.1. The number of nitrogens with two attached hydrogens (primary N) is 1. The Bertz CT molecular complexity index is 436. The lowest BCUT2D eigenvalue weighted by Crippen LogP contribution is -2.37. The van der Waals surface area contributed by atoms with Crippen LogP contribution in [0.3, 0.4) is 0 Å². The van der Waals surface area contributed by atoms with Crippen LogP contribution in [0.15, 0.2) is 18.3 Å². The largest absolute Gasteiger partial charge is 0.481 e. The molecule has 0 aliphatic heterocycles. The minimum absolute atomic E-state index is 0.0625. The van der Waals surface area contributed by atoms with Crippen LogP contribution in [0.1, 0.15) is 31.2 Å². The first kappa shape index (κ1) is 13.8. The first-order chi connectivity index (χ1) is 9.19. The van der Waals surface area contributed by atoms with Crippen LogP contribution < -0.4 is 15.8 Å². The number of hydrogen-bond acceptors (Lipinski definition) is 4. The van der Waals surface area contributed by atoms with Gasteiger partial charge in [-0.15, -0.1) is 0 Å². The molecule has 0 aromatic carbocycles. The van der Waals surface area contributed by atoms with Crippen LogP contribution in [0.25, 0.3) is 0 Å². The van der Waals surface area contributed by atoms with Gasteiger partial charge < -0.3 is 15.8 Å². The number of nitrogens with zero attached hydrogens (tertiary/aromatic N) is 1. The molecule has 1 aliphatic rings. The Balaban J connectivity index is 1.85. The Kier molecular flexibility index (Phi) is 4.74. The molecule has 5 heteroatoms. The van der Waals surface area contributed by atoms with E-state index in [9.17, 15) is 4.79 Å². The molecule has 19 heavy (non-hydrogen) atoms. The summed E-state index contributed by atoms with van der Waals surface area (Å²) in [6.07, 6.45) is 5.50. The lowest BCUT2D eigenvalue weighted by molar-refractivity contribution is -0.126. The minimum atomic E-state index is 0.0625. The number of amides is 1. The first-order valence-corrected chi connectivity index (χ1v) is 6.71. The number of carbonyl (C=O) groups excluding carboxylic acids is 1. The van der Waals surface area contributed by atoms with E-state index in [2.05, 4.69) is 10.3 Å². The summed E-state index contributed by atoms with van der Waals surface area (Å²) in [6, 6.07) is 3.87. The second-order valence-corrected chi connectivity index (χ2v) is 5.05. The monoisotopic (exact) mass is 263 g/mol. The number of rotatable bonds is 4. The minimum Gasteiger partial charge on any atom is -0.481 e. The predicted molar refractivity (Wildman–Crippen MR) is 72.6 cm³/mol. The molecular formula is C14H21N3O2. The van der Waals surface area contributed by atoms with E-state index in [1.54, 1.807) is 13.3 Å². The molecule has 0 spiro atoms. The van der Waals surface area contributed by atoms with Gasteiger partial charge in [-0.1, -0.05) is 6.42 Å². The van der Waals surface area contributed by atoms with Crippen LogP contribution in [-0.4, -0.2) is 24.0 Å². The fourth-order valence-corrected chi connectivity index (χ4v) is 2.47. The summed E-state index contributed by atoms with van der Waals surface area (Å²) >= 11 is 0. The van der Waals surface area contributed by atoms with Gasteiger partial charge in [-0.05, 0) is 30.9 Å². The second kappa shape index (κ2) is 6.52. The van der Waals surface area contributed by atoms with E-state index in [-0.39, 0.29) is 17.9 Å². The van der Waals surface area contributed by atoms with Crippen molar-refractivity contribution >= 4 is 5.91 Å². The number of methoxy groups -OCH3 is 1. The molecule has 2 rings (SSSR count). The Morgan fingerprint density at radius 1 is 1.58 bits per heavy atom. The van der Waals surface area contributed by atoms with E-state index in [0.717, 1.165) is 31.2 Å². The van der Waals surface area contributed by atoms with Gasteiger partial charge in [-0.2, -0.15) is 0 Å². The highest BCUT2D eigenvalue weighted by atomic mass is 16.5. The molecule has 1 amide bonds. The fraction of sp³-hybridized carbons (Fsp3) is 0.571. The molecule has 2 atom stereocenters. The average Bonchev–Trinajstić information content (AvgIpc) is 2.45. The van der Waals surface area contributed by atoms with Gasteiger partial charge >= 0.3 is 0 Å². The molecular weight excluding hydrogens is 242 g/mol. The third kappa shape index (κ3) is 3.92. The summed E-state index contributed by atoms with van der Waals surface area (Å²) in [6.45, 7) is 0.503. The van der Waals surface area contributed by atoms with Gasteiger partial charge in [0, 0.05) is 30.8 Å². The Morgan fingerprint density at radius 3 is 3.16 bits per heavy atom. The van der Waals surface area contributed by atoms with E-state index in [1.165, 1.54) is 0 Å². The summed E-state index contributed by atoms with van der Waals surface area (Å²) in [7, 11) is 1.58. The van der Waals surface area contributed by atoms with Gasteiger partial charge in [0.05, 0.1) is 7.11 Å². The topological polar surface area (TPSA) is 77.2 Å². The number of ether oxygens (including phenoxy) is 1. The average molecular weight is 263 g/mol. The SMILES string of the molecule is COc1cc(CNC(=O)C2CCCC(N)C2)ccn1. The zero-order valence-electron chi connectivity index (χ0n) is 11.3. The van der Waals surface area contributed by atoms with Crippen molar-refractivity contribution in [1.29, 1.82) is 0 Å². The molecule has 3 N–H and O–H groups in total. The van der Waals surface area contributed by atoms with E-state index in [4.69, 9.17) is 10.5 Å². The molecule has 104 valence electrons. The van der Waals surface area contributed by atoms with Crippen LogP contribution in [0.2, 0.25) is 0 Å². The van der Waals surface area contributed by atoms with E-state index in [1.807, 2.05) is 12.1 Å². The Labute approximate surface area is 113 Å². The Hall–Kier alpha value is -1.62. The summed E-state index contributed by atoms with van der Waals surface area (Å²) in [5, 5.41) is 2.96. The van der Waals surface area contributed by atoms with Gasteiger partial charge in [0.25, 0.3) is 0 Å². The maximum absolute atomic E-state index is 12.1. The highest BCUT2D eigenvalue weighted by Gasteiger charge is 2.24. The second-order valence-electron chi connectivity index (χ2n) is 5.05. The van der Waals surface area contributed by atoms with Crippen molar-refractivity contribution in [1.82, 2.24) is 10.3 Å². The number of pyridine rings is 1. The first-order valence-electron chi connectivity index (χ1n) is 6.71. The molecule has 0 bridgehead atoms. The standard InChI is InChI=1S/C14H21N3O2/c1-19-13-7-10(5-6-16-13)9-17-14(18)11-3-2-4-12(15)8-11/h5-7,11-12H,2-4,8-9,15H2,1H3,(H,17,18). The highest BCUT2D eigenvalue weighted by Crippen LogP contribution is 2.23. The summed E-state index contributed by atoms with van der Waals surface area (Å²) in [4.78, 5) is 16.1. The number of hydrogen-bond donors (Lipinski definition) is 2. The van der Waals surface area contributed by atoms with Crippen LogP contribution in [0.4, 0.5) is 0 Å². The lowest BCUT2D eigenvalue weighted by Gasteiger charge is -2.25. The van der Waals surface area contributed by atoms with Gasteiger partial charge in [-0.25, -0.2) is 4.98 Å². The molecule has 1 fully saturated rings. The van der Waals surface area contributed by atoms with Crippen molar-refractivity contribution < 1.29 is 9.53 Å². The molecule has 2 unspecified atom stereocenters. The van der Waals surface area contributed by atoms with Gasteiger partial charge in [-0.3, -0.25) is 4.79 Å². The van der Waals surface area contributed by atoms with Crippen LogP contribution in [-0.2, 0) is 11.3 Å². The predicted octanol–water partition coefficient (Wildman–Crippen LogP) is 1.22. The summed E-state index contributed by atoms with van der Waals surface area (Å²) < 4.78 is 5.05. The van der Waals surface area contributed by atoms with Gasteiger partial charge in [0.2, 0.25) is 11.8 Å². The van der Waals surface area contributed by atoms with Crippen LogP contribution in [0, 0.1) is 5.92 Å². The van der Waals surface area contributed by atoms with Crippen molar-refractivity contribution in [2.45, 2.75) is 38.3 Å². The quantitative estimate of drug-likeness (QED) is 0.856. The number of aromatic nitrogens is 1. The smallest absolute Gasteiger partial charge is 0.223 e. The van der Waals surface area contributed by atoms with Crippen molar-refractivity contribution in [3.05, 3.63) is 23.9 Å². The van der Waals surface area contributed by atoms with Crippen LogP contribution >= 0.6 is 0 Å². The lowest BCUT2D eigenvalue weighted by atomic mass is 9.85. The van der Waals surface area contributed by atoms with Gasteiger partial charge in [0.15, 0.2) is 0 Å². The van der Waals surface area contributed by atoms with Crippen molar-refractivity contribution in [2.75, 3.05) is 7.11 Å². The molecule has 0 radical (unpaired) electrons. The highest BCUT2D eigenvalue weighted by molar-refractivity contribution is 5.78. The summed E-state index contributed by atoms with van der Waals surface area (Å²) in [5.74, 6) is 0.727. The van der Waals surface area contributed by atoms with Crippen molar-refractivity contribution in [2.24, 2.45) is 11.7 Å². The van der Waals surface area contributed by atoms with E-state index < -0.39 is 0 Å². The molecule has 1 aromatic rings. The molecule has 5 nitrogen and oxygen atoms in total. The molecule has 0 saturated heterocycles. The number of carbonyl (C=O) groups is 1. The normalized spacial score (nSPS) is 22.8.